The lowest BCUT2D eigenvalue weighted by atomic mass is 10.1. The first-order valence-corrected chi connectivity index (χ1v) is 14.5. The minimum atomic E-state index is -3.93. The van der Waals surface area contributed by atoms with Crippen molar-refractivity contribution in [1.82, 2.24) is 24.6 Å². The third kappa shape index (κ3) is 6.05. The number of carbonyl (C=O) groups is 1. The Hall–Kier alpha value is -4.50. The van der Waals surface area contributed by atoms with E-state index in [0.717, 1.165) is 45.1 Å². The Morgan fingerprint density at radius 1 is 0.850 bits per heavy atom. The molecule has 3 aromatic carbocycles. The van der Waals surface area contributed by atoms with Crippen molar-refractivity contribution in [3.8, 4) is 5.69 Å². The standard InChI is InChI=1S/C31H31N5O3S/c1-21-9-15-27(16-10-21)40(38,39)35-31(37)32-18-17-24-11-13-26(14-12-24)36-28(20-25-7-5-4-6-8-25)34-29-22(2)19-23(3)33-30(29)36/h4-16,19H,17-18,20H2,1-3H3,(H2,32,35,37). The smallest absolute Gasteiger partial charge is 0.328 e. The number of imidazole rings is 1. The first-order chi connectivity index (χ1) is 19.2. The number of sulfonamides is 1. The molecule has 5 aromatic rings. The molecule has 0 aliphatic rings. The van der Waals surface area contributed by atoms with Gasteiger partial charge in [-0.25, -0.2) is 27.9 Å². The van der Waals surface area contributed by atoms with Gasteiger partial charge in [0.2, 0.25) is 0 Å². The highest BCUT2D eigenvalue weighted by atomic mass is 32.2. The normalized spacial score (nSPS) is 11.5. The van der Waals surface area contributed by atoms with Crippen molar-refractivity contribution >= 4 is 27.2 Å². The van der Waals surface area contributed by atoms with Crippen LogP contribution in [0.3, 0.4) is 0 Å². The van der Waals surface area contributed by atoms with Gasteiger partial charge in [0.25, 0.3) is 10.0 Å². The van der Waals surface area contributed by atoms with Gasteiger partial charge in [0.1, 0.15) is 11.3 Å². The highest BCUT2D eigenvalue weighted by Gasteiger charge is 2.18. The zero-order valence-electron chi connectivity index (χ0n) is 22.7. The zero-order chi connectivity index (χ0) is 28.3. The van der Waals surface area contributed by atoms with Crippen LogP contribution in [0.1, 0.15) is 33.8 Å². The van der Waals surface area contributed by atoms with Gasteiger partial charge in [-0.15, -0.1) is 0 Å². The Balaban J connectivity index is 1.29. The average molecular weight is 554 g/mol. The fourth-order valence-corrected chi connectivity index (χ4v) is 5.57. The molecule has 0 spiro atoms. The minimum Gasteiger partial charge on any atom is -0.337 e. The van der Waals surface area contributed by atoms with Crippen molar-refractivity contribution in [1.29, 1.82) is 0 Å². The van der Waals surface area contributed by atoms with Crippen LogP contribution >= 0.6 is 0 Å². The highest BCUT2D eigenvalue weighted by Crippen LogP contribution is 2.25. The molecule has 2 N–H and O–H groups in total. The molecule has 204 valence electrons. The second kappa shape index (κ2) is 11.3. The van der Waals surface area contributed by atoms with Crippen LogP contribution in [0, 0.1) is 20.8 Å². The predicted molar refractivity (Wildman–Crippen MR) is 156 cm³/mol. The van der Waals surface area contributed by atoms with Crippen molar-refractivity contribution in [3.63, 3.8) is 0 Å². The third-order valence-corrected chi connectivity index (χ3v) is 8.01. The van der Waals surface area contributed by atoms with Crippen LogP contribution in [0.25, 0.3) is 16.9 Å². The van der Waals surface area contributed by atoms with E-state index in [9.17, 15) is 13.2 Å². The molecule has 40 heavy (non-hydrogen) atoms. The van der Waals surface area contributed by atoms with Gasteiger partial charge in [-0.05, 0) is 74.2 Å². The van der Waals surface area contributed by atoms with Crippen LogP contribution in [-0.4, -0.2) is 35.5 Å². The maximum atomic E-state index is 12.4. The molecular formula is C31H31N5O3S. The zero-order valence-corrected chi connectivity index (χ0v) is 23.5. The van der Waals surface area contributed by atoms with Gasteiger partial charge in [0.05, 0.1) is 4.90 Å². The lowest BCUT2D eigenvalue weighted by Gasteiger charge is -2.11. The van der Waals surface area contributed by atoms with Gasteiger partial charge in [0, 0.05) is 24.3 Å². The van der Waals surface area contributed by atoms with E-state index < -0.39 is 16.1 Å². The number of aryl methyl sites for hydroxylation is 3. The number of aromatic nitrogens is 3. The molecule has 0 bridgehead atoms. The van der Waals surface area contributed by atoms with Gasteiger partial charge in [-0.1, -0.05) is 60.2 Å². The van der Waals surface area contributed by atoms with Crippen LogP contribution in [0.5, 0.6) is 0 Å². The first-order valence-electron chi connectivity index (χ1n) is 13.1. The molecule has 0 unspecified atom stereocenters. The number of amides is 2. The summed E-state index contributed by atoms with van der Waals surface area (Å²) in [5.74, 6) is 0.906. The fraction of sp³-hybridized carbons (Fsp3) is 0.194. The van der Waals surface area contributed by atoms with E-state index in [1.165, 1.54) is 17.7 Å². The van der Waals surface area contributed by atoms with E-state index in [4.69, 9.17) is 9.97 Å². The largest absolute Gasteiger partial charge is 0.337 e. The molecule has 5 rings (SSSR count). The van der Waals surface area contributed by atoms with E-state index in [0.29, 0.717) is 12.8 Å². The number of carbonyl (C=O) groups excluding carboxylic acids is 1. The molecule has 2 amide bonds. The molecule has 0 aliphatic heterocycles. The summed E-state index contributed by atoms with van der Waals surface area (Å²) in [5, 5.41) is 2.63. The SMILES string of the molecule is Cc1ccc(S(=O)(=O)NC(=O)NCCc2ccc(-n3c(Cc4ccccc4)nc4c(C)cc(C)nc43)cc2)cc1. The van der Waals surface area contributed by atoms with E-state index >= 15 is 0 Å². The quantitative estimate of drug-likeness (QED) is 0.276. The Labute approximate surface area is 234 Å². The summed E-state index contributed by atoms with van der Waals surface area (Å²) in [5.41, 5.74) is 7.78. The maximum Gasteiger partial charge on any atom is 0.328 e. The fourth-order valence-electron chi connectivity index (χ4n) is 4.64. The first kappa shape index (κ1) is 27.1. The van der Waals surface area contributed by atoms with E-state index in [1.54, 1.807) is 12.1 Å². The molecule has 2 aromatic heterocycles. The van der Waals surface area contributed by atoms with Gasteiger partial charge >= 0.3 is 6.03 Å². The van der Waals surface area contributed by atoms with Gasteiger partial charge in [-0.3, -0.25) is 4.57 Å². The van der Waals surface area contributed by atoms with Crippen molar-refractivity contribution in [2.24, 2.45) is 0 Å². The molecule has 0 saturated carbocycles. The Bertz CT molecular complexity index is 1760. The second-order valence-corrected chi connectivity index (χ2v) is 11.6. The Morgan fingerprint density at radius 2 is 1.55 bits per heavy atom. The monoisotopic (exact) mass is 553 g/mol. The van der Waals surface area contributed by atoms with Crippen LogP contribution in [-0.2, 0) is 22.9 Å². The molecule has 0 radical (unpaired) electrons. The number of rotatable bonds is 8. The molecule has 8 nitrogen and oxygen atoms in total. The van der Waals surface area contributed by atoms with Crippen LogP contribution < -0.4 is 10.0 Å². The second-order valence-electron chi connectivity index (χ2n) is 9.87. The van der Waals surface area contributed by atoms with Gasteiger partial charge in [-0.2, -0.15) is 0 Å². The predicted octanol–water partition coefficient (Wildman–Crippen LogP) is 5.17. The van der Waals surface area contributed by atoms with E-state index in [2.05, 4.69) is 33.7 Å². The summed E-state index contributed by atoms with van der Waals surface area (Å²) in [6, 6.07) is 25.9. The highest BCUT2D eigenvalue weighted by molar-refractivity contribution is 7.90. The summed E-state index contributed by atoms with van der Waals surface area (Å²) >= 11 is 0. The van der Waals surface area contributed by atoms with E-state index in [1.807, 2.05) is 62.4 Å². The topological polar surface area (TPSA) is 106 Å². The maximum absolute atomic E-state index is 12.4. The lowest BCUT2D eigenvalue weighted by Crippen LogP contribution is -2.40. The number of hydrogen-bond donors (Lipinski definition) is 2. The molecule has 9 heteroatoms. The molecular weight excluding hydrogens is 522 g/mol. The summed E-state index contributed by atoms with van der Waals surface area (Å²) in [4.78, 5) is 22.1. The third-order valence-electron chi connectivity index (χ3n) is 6.66. The summed E-state index contributed by atoms with van der Waals surface area (Å²) in [6.45, 7) is 6.18. The number of nitrogens with zero attached hydrogens (tertiary/aromatic N) is 3. The molecule has 0 aliphatic carbocycles. The molecule has 0 saturated heterocycles. The van der Waals surface area contributed by atoms with E-state index in [-0.39, 0.29) is 11.4 Å². The summed E-state index contributed by atoms with van der Waals surface area (Å²) in [6.07, 6.45) is 1.21. The van der Waals surface area contributed by atoms with Crippen molar-refractivity contribution in [2.75, 3.05) is 6.54 Å². The number of urea groups is 1. The molecule has 2 heterocycles. The number of fused-ring (bicyclic) bond motifs is 1. The van der Waals surface area contributed by atoms with Crippen LogP contribution in [0.2, 0.25) is 0 Å². The number of benzene rings is 3. The lowest BCUT2D eigenvalue weighted by molar-refractivity contribution is 0.246. The van der Waals surface area contributed by atoms with Crippen molar-refractivity contribution < 1.29 is 13.2 Å². The van der Waals surface area contributed by atoms with Crippen LogP contribution in [0.15, 0.2) is 89.8 Å². The number of pyridine rings is 1. The van der Waals surface area contributed by atoms with Crippen molar-refractivity contribution in [2.45, 2.75) is 38.5 Å². The molecule has 0 atom stereocenters. The van der Waals surface area contributed by atoms with Gasteiger partial charge < -0.3 is 5.32 Å². The Morgan fingerprint density at radius 3 is 2.25 bits per heavy atom. The Kier molecular flexibility index (Phi) is 7.66. The van der Waals surface area contributed by atoms with Crippen molar-refractivity contribution in [3.05, 3.63) is 119 Å². The summed E-state index contributed by atoms with van der Waals surface area (Å²) < 4.78 is 29.0. The molecule has 0 fully saturated rings. The van der Waals surface area contributed by atoms with Crippen LogP contribution in [0.4, 0.5) is 4.79 Å². The number of hydrogen-bond acceptors (Lipinski definition) is 5. The minimum absolute atomic E-state index is 0.0439. The number of nitrogens with one attached hydrogen (secondary N) is 2. The summed E-state index contributed by atoms with van der Waals surface area (Å²) in [7, 11) is -3.93. The van der Waals surface area contributed by atoms with Gasteiger partial charge in [0.15, 0.2) is 5.65 Å². The average Bonchev–Trinajstić information content (AvgIpc) is 3.27.